The summed E-state index contributed by atoms with van der Waals surface area (Å²) in [5.41, 5.74) is 4.72. The zero-order chi connectivity index (χ0) is 24.9. The number of fused-ring (bicyclic) bond motifs is 1. The number of ether oxygens (including phenoxy) is 1. The highest BCUT2D eigenvalue weighted by molar-refractivity contribution is 5.78. The predicted octanol–water partition coefficient (Wildman–Crippen LogP) is 4.82. The van der Waals surface area contributed by atoms with E-state index < -0.39 is 0 Å². The Hall–Kier alpha value is -3.62. The predicted molar refractivity (Wildman–Crippen MR) is 139 cm³/mol. The molecular formula is C28H31FN6O. The number of likely N-dealkylation sites (N-methyl/N-ethyl adjacent to an activating group) is 1. The molecule has 0 amide bonds. The van der Waals surface area contributed by atoms with Crippen molar-refractivity contribution in [3.05, 3.63) is 84.1 Å². The van der Waals surface area contributed by atoms with Crippen LogP contribution in [-0.4, -0.2) is 58.3 Å². The molecule has 0 spiro atoms. The van der Waals surface area contributed by atoms with Crippen molar-refractivity contribution in [1.29, 1.82) is 0 Å². The Morgan fingerprint density at radius 2 is 1.89 bits per heavy atom. The SMILES string of the molecule is COCCNc1nccc(-c2c(-c3ccc(F)cc3)nc3n2C(CN(C)Cc2ccccc2)CC3)n1. The van der Waals surface area contributed by atoms with Crippen LogP contribution in [0, 0.1) is 5.82 Å². The molecule has 0 fully saturated rings. The number of aromatic nitrogens is 4. The number of methoxy groups -OCH3 is 1. The number of anilines is 1. The van der Waals surface area contributed by atoms with Gasteiger partial charge in [-0.25, -0.2) is 19.3 Å². The van der Waals surface area contributed by atoms with Gasteiger partial charge in [0.05, 0.1) is 23.7 Å². The number of nitrogens with one attached hydrogen (secondary N) is 1. The topological polar surface area (TPSA) is 68.1 Å². The number of benzene rings is 2. The average Bonchev–Trinajstić information content (AvgIpc) is 3.45. The quantitative estimate of drug-likeness (QED) is 0.324. The summed E-state index contributed by atoms with van der Waals surface area (Å²) >= 11 is 0. The van der Waals surface area contributed by atoms with Crippen molar-refractivity contribution in [2.24, 2.45) is 0 Å². The van der Waals surface area contributed by atoms with Gasteiger partial charge in [0, 0.05) is 51.0 Å². The maximum Gasteiger partial charge on any atom is 0.223 e. The van der Waals surface area contributed by atoms with E-state index in [1.165, 1.54) is 17.7 Å². The molecule has 0 aliphatic carbocycles. The third kappa shape index (κ3) is 5.29. The van der Waals surface area contributed by atoms with E-state index in [-0.39, 0.29) is 11.9 Å². The van der Waals surface area contributed by atoms with Gasteiger partial charge in [-0.3, -0.25) is 0 Å². The van der Waals surface area contributed by atoms with Crippen molar-refractivity contribution in [2.75, 3.05) is 39.2 Å². The van der Waals surface area contributed by atoms with Crippen molar-refractivity contribution in [3.63, 3.8) is 0 Å². The largest absolute Gasteiger partial charge is 0.383 e. The summed E-state index contributed by atoms with van der Waals surface area (Å²) in [7, 11) is 3.82. The molecule has 0 saturated carbocycles. The lowest BCUT2D eigenvalue weighted by Gasteiger charge is -2.24. The lowest BCUT2D eigenvalue weighted by Crippen LogP contribution is -2.26. The molecular weight excluding hydrogens is 455 g/mol. The van der Waals surface area contributed by atoms with Crippen molar-refractivity contribution in [1.82, 2.24) is 24.4 Å². The fourth-order valence-electron chi connectivity index (χ4n) is 4.86. The first-order valence-corrected chi connectivity index (χ1v) is 12.3. The number of halogens is 1. The molecule has 1 N–H and O–H groups in total. The zero-order valence-corrected chi connectivity index (χ0v) is 20.7. The maximum absolute atomic E-state index is 13.7. The molecule has 1 atom stereocenters. The molecule has 186 valence electrons. The van der Waals surface area contributed by atoms with E-state index in [2.05, 4.69) is 51.1 Å². The summed E-state index contributed by atoms with van der Waals surface area (Å²) in [6.45, 7) is 2.94. The van der Waals surface area contributed by atoms with Crippen molar-refractivity contribution >= 4 is 5.95 Å². The van der Waals surface area contributed by atoms with E-state index in [0.29, 0.717) is 19.1 Å². The first kappa shape index (κ1) is 24.1. The first-order chi connectivity index (χ1) is 17.6. The van der Waals surface area contributed by atoms with Crippen molar-refractivity contribution in [2.45, 2.75) is 25.4 Å². The van der Waals surface area contributed by atoms with E-state index in [9.17, 15) is 4.39 Å². The molecule has 8 heteroatoms. The molecule has 7 nitrogen and oxygen atoms in total. The molecule has 0 saturated heterocycles. The second-order valence-electron chi connectivity index (χ2n) is 9.16. The van der Waals surface area contributed by atoms with Gasteiger partial charge in [-0.15, -0.1) is 0 Å². The summed E-state index contributed by atoms with van der Waals surface area (Å²) in [4.78, 5) is 16.6. The molecule has 0 radical (unpaired) electrons. The van der Waals surface area contributed by atoms with Gasteiger partial charge >= 0.3 is 0 Å². The van der Waals surface area contributed by atoms with Gasteiger partial charge in [-0.2, -0.15) is 0 Å². The molecule has 5 rings (SSSR count). The van der Waals surface area contributed by atoms with Gasteiger partial charge < -0.3 is 19.5 Å². The molecule has 36 heavy (non-hydrogen) atoms. The number of nitrogens with zero attached hydrogens (tertiary/aromatic N) is 5. The van der Waals surface area contributed by atoms with E-state index in [4.69, 9.17) is 14.7 Å². The first-order valence-electron chi connectivity index (χ1n) is 12.3. The monoisotopic (exact) mass is 486 g/mol. The molecule has 1 aliphatic rings. The smallest absolute Gasteiger partial charge is 0.223 e. The Labute approximate surface area is 211 Å². The van der Waals surface area contributed by atoms with Crippen LogP contribution in [0.3, 0.4) is 0 Å². The number of hydrogen-bond acceptors (Lipinski definition) is 6. The third-order valence-electron chi connectivity index (χ3n) is 6.47. The van der Waals surface area contributed by atoms with Gasteiger partial charge in [-0.05, 0) is 49.4 Å². The number of hydrogen-bond donors (Lipinski definition) is 1. The average molecular weight is 487 g/mol. The molecule has 4 aromatic rings. The summed E-state index contributed by atoms with van der Waals surface area (Å²) in [5, 5.41) is 3.22. The van der Waals surface area contributed by atoms with Crippen LogP contribution in [0.25, 0.3) is 22.6 Å². The van der Waals surface area contributed by atoms with Crippen LogP contribution in [0.2, 0.25) is 0 Å². The number of aryl methyl sites for hydroxylation is 1. The fraction of sp³-hybridized carbons (Fsp3) is 0.321. The summed E-state index contributed by atoms with van der Waals surface area (Å²) < 4.78 is 21.2. The summed E-state index contributed by atoms with van der Waals surface area (Å²) in [6, 6.07) is 19.2. The van der Waals surface area contributed by atoms with Crippen LogP contribution < -0.4 is 5.32 Å². The second-order valence-corrected chi connectivity index (χ2v) is 9.16. The zero-order valence-electron chi connectivity index (χ0n) is 20.7. The van der Waals surface area contributed by atoms with Crippen molar-refractivity contribution < 1.29 is 9.13 Å². The standard InChI is InChI=1S/C28H31FN6O/c1-34(18-20-6-4-3-5-7-20)19-23-12-13-25-33-26(21-8-10-22(29)11-9-21)27(35(23)25)24-14-15-30-28(32-24)31-16-17-36-2/h3-11,14-15,23H,12-13,16-19H2,1-2H3,(H,30,31,32). The van der Waals surface area contributed by atoms with Crippen LogP contribution >= 0.6 is 0 Å². The van der Waals surface area contributed by atoms with E-state index in [1.807, 2.05) is 12.1 Å². The van der Waals surface area contributed by atoms with Gasteiger partial charge in [0.1, 0.15) is 11.6 Å². The molecule has 1 unspecified atom stereocenters. The highest BCUT2D eigenvalue weighted by Gasteiger charge is 2.31. The molecule has 2 aromatic carbocycles. The minimum Gasteiger partial charge on any atom is -0.383 e. The van der Waals surface area contributed by atoms with E-state index in [0.717, 1.165) is 54.4 Å². The fourth-order valence-corrected chi connectivity index (χ4v) is 4.86. The Kier molecular flexibility index (Phi) is 7.34. The third-order valence-corrected chi connectivity index (χ3v) is 6.47. The van der Waals surface area contributed by atoms with Crippen LogP contribution in [0.15, 0.2) is 66.9 Å². The second kappa shape index (κ2) is 11.0. The highest BCUT2D eigenvalue weighted by Crippen LogP contribution is 2.39. The Bertz CT molecular complexity index is 1290. The van der Waals surface area contributed by atoms with Gasteiger partial charge in [0.25, 0.3) is 0 Å². The van der Waals surface area contributed by atoms with E-state index in [1.54, 1.807) is 25.4 Å². The van der Waals surface area contributed by atoms with Gasteiger partial charge in [0.15, 0.2) is 0 Å². The van der Waals surface area contributed by atoms with Crippen LogP contribution in [0.1, 0.15) is 23.9 Å². The maximum atomic E-state index is 13.7. The Balaban J connectivity index is 1.50. The van der Waals surface area contributed by atoms with Gasteiger partial charge in [-0.1, -0.05) is 30.3 Å². The Morgan fingerprint density at radius 3 is 2.67 bits per heavy atom. The lowest BCUT2D eigenvalue weighted by molar-refractivity contribution is 0.210. The van der Waals surface area contributed by atoms with Crippen LogP contribution in [0.5, 0.6) is 0 Å². The van der Waals surface area contributed by atoms with Gasteiger partial charge in [0.2, 0.25) is 5.95 Å². The molecule has 0 bridgehead atoms. The Morgan fingerprint density at radius 1 is 1.08 bits per heavy atom. The van der Waals surface area contributed by atoms with Crippen LogP contribution in [0.4, 0.5) is 10.3 Å². The molecule has 3 heterocycles. The minimum absolute atomic E-state index is 0.255. The van der Waals surface area contributed by atoms with E-state index >= 15 is 0 Å². The number of rotatable bonds is 10. The lowest BCUT2D eigenvalue weighted by atomic mass is 10.1. The highest BCUT2D eigenvalue weighted by atomic mass is 19.1. The normalized spacial score (nSPS) is 14.8. The number of imidazole rings is 1. The molecule has 1 aliphatic heterocycles. The van der Waals surface area contributed by atoms with Crippen LogP contribution in [-0.2, 0) is 17.7 Å². The minimum atomic E-state index is -0.265. The summed E-state index contributed by atoms with van der Waals surface area (Å²) in [5.74, 6) is 1.31. The summed E-state index contributed by atoms with van der Waals surface area (Å²) in [6.07, 6.45) is 3.67. The van der Waals surface area contributed by atoms with Crippen molar-refractivity contribution in [3.8, 4) is 22.6 Å². The molecule has 2 aromatic heterocycles.